The third kappa shape index (κ3) is 4.57. The van der Waals surface area contributed by atoms with Crippen LogP contribution in [-0.4, -0.2) is 41.2 Å². The van der Waals surface area contributed by atoms with Crippen LogP contribution in [0.4, 0.5) is 5.69 Å². The predicted molar refractivity (Wildman–Crippen MR) is 126 cm³/mol. The van der Waals surface area contributed by atoms with Crippen molar-refractivity contribution in [2.24, 2.45) is 0 Å². The molecule has 3 heterocycles. The molecule has 9 heteroatoms. The molecule has 4 rings (SSSR count). The molecular formula is C23H25N7OS. The zero-order valence-electron chi connectivity index (χ0n) is 18.3. The number of carbonyl (C=O) groups is 1. The molecule has 0 spiro atoms. The van der Waals surface area contributed by atoms with Gasteiger partial charge in [0.05, 0.1) is 28.5 Å². The number of thioether (sulfide) groups is 1. The summed E-state index contributed by atoms with van der Waals surface area (Å²) in [5.41, 5.74) is 4.32. The molecule has 3 aromatic heterocycles. The van der Waals surface area contributed by atoms with Crippen LogP contribution in [0.25, 0.3) is 17.1 Å². The second-order valence-electron chi connectivity index (χ2n) is 7.32. The van der Waals surface area contributed by atoms with E-state index in [9.17, 15) is 4.79 Å². The zero-order chi connectivity index (χ0) is 22.5. The number of aryl methyl sites for hydroxylation is 1. The van der Waals surface area contributed by atoms with E-state index in [-0.39, 0.29) is 11.7 Å². The molecule has 32 heavy (non-hydrogen) atoms. The van der Waals surface area contributed by atoms with Crippen LogP contribution in [0.2, 0.25) is 0 Å². The van der Waals surface area contributed by atoms with E-state index in [1.807, 2.05) is 61.0 Å². The standard InChI is InChI=1S/C23H25N7OS/c1-4-14-29-22(18-10-12-24-13-11-18)26-27-23(29)32-15-20(31)25-21-16(2)28-30(17(21)3)19-8-6-5-7-9-19/h5-13H,4,14-15H2,1-3H3,(H,25,31). The van der Waals surface area contributed by atoms with Gasteiger partial charge in [-0.05, 0) is 44.5 Å². The lowest BCUT2D eigenvalue weighted by atomic mass is 10.2. The predicted octanol–water partition coefficient (Wildman–Crippen LogP) is 4.28. The maximum absolute atomic E-state index is 12.7. The summed E-state index contributed by atoms with van der Waals surface area (Å²) in [6.45, 7) is 6.73. The summed E-state index contributed by atoms with van der Waals surface area (Å²) in [5.74, 6) is 0.909. The first-order valence-electron chi connectivity index (χ1n) is 10.5. The van der Waals surface area contributed by atoms with Crippen molar-refractivity contribution < 1.29 is 4.79 Å². The molecule has 1 N–H and O–H groups in total. The number of nitrogens with zero attached hydrogens (tertiary/aromatic N) is 6. The van der Waals surface area contributed by atoms with Gasteiger partial charge in [-0.25, -0.2) is 4.68 Å². The van der Waals surface area contributed by atoms with Crippen LogP contribution in [0.3, 0.4) is 0 Å². The fourth-order valence-electron chi connectivity index (χ4n) is 3.48. The summed E-state index contributed by atoms with van der Waals surface area (Å²) in [6.07, 6.45) is 4.41. The first-order valence-corrected chi connectivity index (χ1v) is 11.4. The van der Waals surface area contributed by atoms with Crippen LogP contribution >= 0.6 is 11.8 Å². The fourth-order valence-corrected chi connectivity index (χ4v) is 4.25. The minimum absolute atomic E-state index is 0.106. The maximum atomic E-state index is 12.7. The third-order valence-corrected chi connectivity index (χ3v) is 5.96. The van der Waals surface area contributed by atoms with Gasteiger partial charge in [-0.3, -0.25) is 9.78 Å². The highest BCUT2D eigenvalue weighted by Crippen LogP contribution is 2.26. The zero-order valence-corrected chi connectivity index (χ0v) is 19.1. The highest BCUT2D eigenvalue weighted by Gasteiger charge is 2.18. The summed E-state index contributed by atoms with van der Waals surface area (Å²) < 4.78 is 3.90. The van der Waals surface area contributed by atoms with E-state index in [4.69, 9.17) is 0 Å². The fraction of sp³-hybridized carbons (Fsp3) is 0.261. The van der Waals surface area contributed by atoms with Gasteiger partial charge in [-0.2, -0.15) is 5.10 Å². The Morgan fingerprint density at radius 3 is 2.53 bits per heavy atom. The Bertz CT molecular complexity index is 1200. The normalized spacial score (nSPS) is 11.0. The van der Waals surface area contributed by atoms with Crippen LogP contribution < -0.4 is 5.32 Å². The third-order valence-electron chi connectivity index (χ3n) is 4.99. The van der Waals surface area contributed by atoms with E-state index in [1.54, 1.807) is 12.4 Å². The van der Waals surface area contributed by atoms with Crippen LogP contribution in [0.1, 0.15) is 24.7 Å². The number of amides is 1. The number of pyridine rings is 1. The van der Waals surface area contributed by atoms with Crippen molar-refractivity contribution in [1.29, 1.82) is 0 Å². The molecule has 0 aliphatic heterocycles. The quantitative estimate of drug-likeness (QED) is 0.405. The van der Waals surface area contributed by atoms with Gasteiger partial charge < -0.3 is 9.88 Å². The molecule has 0 aliphatic rings. The van der Waals surface area contributed by atoms with Gasteiger partial charge in [0.15, 0.2) is 11.0 Å². The lowest BCUT2D eigenvalue weighted by molar-refractivity contribution is -0.113. The molecular weight excluding hydrogens is 422 g/mol. The highest BCUT2D eigenvalue weighted by atomic mass is 32.2. The van der Waals surface area contributed by atoms with Gasteiger partial charge >= 0.3 is 0 Å². The first-order chi connectivity index (χ1) is 15.6. The van der Waals surface area contributed by atoms with Crippen LogP contribution in [-0.2, 0) is 11.3 Å². The first kappa shape index (κ1) is 21.8. The summed E-state index contributed by atoms with van der Waals surface area (Å²) in [6, 6.07) is 13.7. The van der Waals surface area contributed by atoms with Gasteiger partial charge in [-0.1, -0.05) is 36.9 Å². The van der Waals surface area contributed by atoms with Crippen molar-refractivity contribution in [1.82, 2.24) is 29.5 Å². The Kier molecular flexibility index (Phi) is 6.65. The van der Waals surface area contributed by atoms with Gasteiger partial charge in [0, 0.05) is 24.5 Å². The van der Waals surface area contributed by atoms with E-state index in [2.05, 4.69) is 37.1 Å². The van der Waals surface area contributed by atoms with E-state index < -0.39 is 0 Å². The number of anilines is 1. The minimum atomic E-state index is -0.106. The average molecular weight is 448 g/mol. The Morgan fingerprint density at radius 2 is 1.81 bits per heavy atom. The largest absolute Gasteiger partial charge is 0.322 e. The Hall–Kier alpha value is -3.46. The van der Waals surface area contributed by atoms with Gasteiger partial charge in [-0.15, -0.1) is 10.2 Å². The number of aromatic nitrogens is 6. The number of benzene rings is 1. The molecule has 0 fully saturated rings. The SMILES string of the molecule is CCCn1c(SCC(=O)Nc2c(C)nn(-c3ccccc3)c2C)nnc1-c1ccncc1. The summed E-state index contributed by atoms with van der Waals surface area (Å²) >= 11 is 1.38. The maximum Gasteiger partial charge on any atom is 0.234 e. The second-order valence-corrected chi connectivity index (χ2v) is 8.27. The molecule has 0 radical (unpaired) electrons. The summed E-state index contributed by atoms with van der Waals surface area (Å²) in [7, 11) is 0. The molecule has 1 amide bonds. The molecule has 8 nitrogen and oxygen atoms in total. The number of para-hydroxylation sites is 1. The Labute approximate surface area is 191 Å². The van der Waals surface area contributed by atoms with Gasteiger partial charge in [0.25, 0.3) is 0 Å². The van der Waals surface area contributed by atoms with E-state index in [0.717, 1.165) is 52.3 Å². The second kappa shape index (κ2) is 9.78. The highest BCUT2D eigenvalue weighted by molar-refractivity contribution is 7.99. The summed E-state index contributed by atoms with van der Waals surface area (Å²) in [4.78, 5) is 16.8. The molecule has 0 saturated heterocycles. The lowest BCUT2D eigenvalue weighted by Gasteiger charge is -2.09. The Balaban J connectivity index is 1.47. The molecule has 0 atom stereocenters. The van der Waals surface area contributed by atoms with Crippen LogP contribution in [0.15, 0.2) is 60.0 Å². The number of carbonyl (C=O) groups excluding carboxylic acids is 1. The average Bonchev–Trinajstić information content (AvgIpc) is 3.35. The molecule has 0 saturated carbocycles. The van der Waals surface area contributed by atoms with Crippen molar-refractivity contribution in [2.75, 3.05) is 11.1 Å². The van der Waals surface area contributed by atoms with E-state index >= 15 is 0 Å². The Morgan fingerprint density at radius 1 is 1.06 bits per heavy atom. The van der Waals surface area contributed by atoms with Crippen molar-refractivity contribution in [3.63, 3.8) is 0 Å². The number of rotatable bonds is 8. The summed E-state index contributed by atoms with van der Waals surface area (Å²) in [5, 5.41) is 17.0. The van der Waals surface area contributed by atoms with Crippen molar-refractivity contribution >= 4 is 23.4 Å². The monoisotopic (exact) mass is 447 g/mol. The molecule has 1 aromatic carbocycles. The van der Waals surface area contributed by atoms with Gasteiger partial charge in [0.2, 0.25) is 5.91 Å². The van der Waals surface area contributed by atoms with E-state index in [1.165, 1.54) is 11.8 Å². The minimum Gasteiger partial charge on any atom is -0.322 e. The van der Waals surface area contributed by atoms with Crippen LogP contribution in [0.5, 0.6) is 0 Å². The number of hydrogen-bond donors (Lipinski definition) is 1. The van der Waals surface area contributed by atoms with Crippen molar-refractivity contribution in [3.8, 4) is 17.1 Å². The smallest absolute Gasteiger partial charge is 0.234 e. The van der Waals surface area contributed by atoms with Gasteiger partial charge in [0.1, 0.15) is 0 Å². The van der Waals surface area contributed by atoms with E-state index in [0.29, 0.717) is 0 Å². The molecule has 4 aromatic rings. The molecule has 0 bridgehead atoms. The number of nitrogens with one attached hydrogen (secondary N) is 1. The topological polar surface area (TPSA) is 90.5 Å². The van der Waals surface area contributed by atoms with Crippen LogP contribution in [0, 0.1) is 13.8 Å². The van der Waals surface area contributed by atoms with Crippen molar-refractivity contribution in [3.05, 3.63) is 66.2 Å². The molecule has 0 aliphatic carbocycles. The number of hydrogen-bond acceptors (Lipinski definition) is 6. The molecule has 0 unspecified atom stereocenters. The molecule has 164 valence electrons. The van der Waals surface area contributed by atoms with Crippen molar-refractivity contribution in [2.45, 2.75) is 38.9 Å². The lowest BCUT2D eigenvalue weighted by Crippen LogP contribution is -2.16.